The number of aryl methyl sites for hydroxylation is 1. The first-order valence-corrected chi connectivity index (χ1v) is 7.21. The van der Waals surface area contributed by atoms with Gasteiger partial charge in [-0.15, -0.1) is 0 Å². The fraction of sp³-hybridized carbons (Fsp3) is 0.625. The van der Waals surface area contributed by atoms with Crippen LogP contribution in [0.2, 0.25) is 0 Å². The summed E-state index contributed by atoms with van der Waals surface area (Å²) in [4.78, 5) is 2.64. The predicted molar refractivity (Wildman–Crippen MR) is 77.6 cm³/mol. The predicted octanol–water partition coefficient (Wildman–Crippen LogP) is 3.01. The third-order valence-electron chi connectivity index (χ3n) is 4.34. The molecule has 1 aliphatic rings. The Hall–Kier alpha value is -0.860. The van der Waals surface area contributed by atoms with E-state index in [-0.39, 0.29) is 0 Å². The molecule has 1 saturated heterocycles. The monoisotopic (exact) mass is 246 g/mol. The molecule has 1 unspecified atom stereocenters. The highest BCUT2D eigenvalue weighted by Crippen LogP contribution is 2.23. The van der Waals surface area contributed by atoms with Gasteiger partial charge in [0.1, 0.15) is 0 Å². The van der Waals surface area contributed by atoms with Gasteiger partial charge < -0.3 is 5.73 Å². The molecule has 1 aromatic carbocycles. The van der Waals surface area contributed by atoms with E-state index in [9.17, 15) is 0 Å². The van der Waals surface area contributed by atoms with Crippen molar-refractivity contribution in [3.05, 3.63) is 34.9 Å². The van der Waals surface area contributed by atoms with Crippen LogP contribution in [-0.2, 0) is 6.54 Å². The molecule has 0 aliphatic carbocycles. The van der Waals surface area contributed by atoms with Crippen molar-refractivity contribution in [2.24, 2.45) is 5.73 Å². The number of hydrogen-bond acceptors (Lipinski definition) is 2. The Kier molecular flexibility index (Phi) is 4.79. The van der Waals surface area contributed by atoms with Crippen molar-refractivity contribution in [2.45, 2.75) is 52.1 Å². The zero-order chi connectivity index (χ0) is 13.0. The average molecular weight is 246 g/mol. The van der Waals surface area contributed by atoms with Crippen LogP contribution in [0.4, 0.5) is 0 Å². The maximum absolute atomic E-state index is 5.74. The van der Waals surface area contributed by atoms with Gasteiger partial charge in [0.05, 0.1) is 0 Å². The van der Waals surface area contributed by atoms with Crippen molar-refractivity contribution < 1.29 is 0 Å². The lowest BCUT2D eigenvalue weighted by Gasteiger charge is -2.36. The first kappa shape index (κ1) is 13.6. The van der Waals surface area contributed by atoms with Crippen LogP contribution in [0.25, 0.3) is 0 Å². The van der Waals surface area contributed by atoms with E-state index in [1.165, 1.54) is 42.5 Å². The lowest BCUT2D eigenvalue weighted by atomic mass is 9.97. The van der Waals surface area contributed by atoms with Gasteiger partial charge in [-0.1, -0.05) is 24.6 Å². The molecule has 0 amide bonds. The van der Waals surface area contributed by atoms with Crippen molar-refractivity contribution in [3.63, 3.8) is 0 Å². The number of nitrogens with zero attached hydrogens (tertiary/aromatic N) is 1. The highest BCUT2D eigenvalue weighted by Gasteiger charge is 2.22. The SMILES string of the molecule is Cc1cccc(CN2CCCCC2CCN)c1C. The summed E-state index contributed by atoms with van der Waals surface area (Å²) in [5.41, 5.74) is 10.1. The molecule has 2 N–H and O–H groups in total. The van der Waals surface area contributed by atoms with E-state index in [1.54, 1.807) is 0 Å². The second-order valence-corrected chi connectivity index (χ2v) is 5.56. The smallest absolute Gasteiger partial charge is 0.0239 e. The van der Waals surface area contributed by atoms with Crippen molar-refractivity contribution in [3.8, 4) is 0 Å². The molecular weight excluding hydrogens is 220 g/mol. The Bertz CT molecular complexity index is 385. The van der Waals surface area contributed by atoms with E-state index in [0.29, 0.717) is 6.04 Å². The molecule has 0 bridgehead atoms. The number of benzene rings is 1. The van der Waals surface area contributed by atoms with Gasteiger partial charge in [0.2, 0.25) is 0 Å². The molecule has 18 heavy (non-hydrogen) atoms. The zero-order valence-electron chi connectivity index (χ0n) is 11.8. The highest BCUT2D eigenvalue weighted by molar-refractivity contribution is 5.33. The molecule has 0 saturated carbocycles. The maximum atomic E-state index is 5.74. The molecule has 100 valence electrons. The van der Waals surface area contributed by atoms with Crippen LogP contribution in [0.3, 0.4) is 0 Å². The minimum Gasteiger partial charge on any atom is -0.330 e. The molecule has 2 rings (SSSR count). The number of likely N-dealkylation sites (tertiary alicyclic amines) is 1. The molecule has 1 aliphatic heterocycles. The summed E-state index contributed by atoms with van der Waals surface area (Å²) in [5.74, 6) is 0. The largest absolute Gasteiger partial charge is 0.330 e. The Morgan fingerprint density at radius 3 is 2.89 bits per heavy atom. The van der Waals surface area contributed by atoms with Crippen LogP contribution in [0, 0.1) is 13.8 Å². The van der Waals surface area contributed by atoms with Crippen molar-refractivity contribution in [1.82, 2.24) is 4.90 Å². The first-order valence-electron chi connectivity index (χ1n) is 7.21. The van der Waals surface area contributed by atoms with Crippen LogP contribution in [0.1, 0.15) is 42.4 Å². The summed E-state index contributed by atoms with van der Waals surface area (Å²) in [7, 11) is 0. The molecule has 1 heterocycles. The van der Waals surface area contributed by atoms with Gasteiger partial charge in [0.25, 0.3) is 0 Å². The van der Waals surface area contributed by atoms with E-state index in [1.807, 2.05) is 0 Å². The first-order chi connectivity index (χ1) is 8.72. The molecule has 2 heteroatoms. The van der Waals surface area contributed by atoms with Gasteiger partial charge in [-0.25, -0.2) is 0 Å². The third-order valence-corrected chi connectivity index (χ3v) is 4.34. The summed E-state index contributed by atoms with van der Waals surface area (Å²) < 4.78 is 0. The quantitative estimate of drug-likeness (QED) is 0.885. The van der Waals surface area contributed by atoms with Gasteiger partial charge in [0, 0.05) is 12.6 Å². The fourth-order valence-corrected chi connectivity index (χ4v) is 2.99. The van der Waals surface area contributed by atoms with Gasteiger partial charge in [-0.05, 0) is 62.9 Å². The average Bonchev–Trinajstić information content (AvgIpc) is 2.37. The second kappa shape index (κ2) is 6.35. The summed E-state index contributed by atoms with van der Waals surface area (Å²) in [6, 6.07) is 7.35. The maximum Gasteiger partial charge on any atom is 0.0239 e. The molecule has 0 aromatic heterocycles. The fourth-order valence-electron chi connectivity index (χ4n) is 2.99. The van der Waals surface area contributed by atoms with E-state index in [0.717, 1.165) is 19.5 Å². The van der Waals surface area contributed by atoms with E-state index in [2.05, 4.69) is 36.9 Å². The van der Waals surface area contributed by atoms with Crippen LogP contribution >= 0.6 is 0 Å². The molecular formula is C16H26N2. The summed E-state index contributed by atoms with van der Waals surface area (Å²) in [6.07, 6.45) is 5.17. The van der Waals surface area contributed by atoms with Crippen LogP contribution in [-0.4, -0.2) is 24.0 Å². The molecule has 1 fully saturated rings. The third kappa shape index (κ3) is 3.12. The normalized spacial score (nSPS) is 21.2. The van der Waals surface area contributed by atoms with Crippen molar-refractivity contribution in [2.75, 3.05) is 13.1 Å². The molecule has 0 spiro atoms. The molecule has 2 nitrogen and oxygen atoms in total. The van der Waals surface area contributed by atoms with Crippen LogP contribution < -0.4 is 5.73 Å². The van der Waals surface area contributed by atoms with Crippen molar-refractivity contribution >= 4 is 0 Å². The lowest BCUT2D eigenvalue weighted by Crippen LogP contribution is -2.40. The second-order valence-electron chi connectivity index (χ2n) is 5.56. The lowest BCUT2D eigenvalue weighted by molar-refractivity contribution is 0.134. The highest BCUT2D eigenvalue weighted by atomic mass is 15.2. The number of nitrogens with two attached hydrogens (primary N) is 1. The van der Waals surface area contributed by atoms with E-state index >= 15 is 0 Å². The minimum absolute atomic E-state index is 0.698. The van der Waals surface area contributed by atoms with Crippen LogP contribution in [0.5, 0.6) is 0 Å². The van der Waals surface area contributed by atoms with Gasteiger partial charge in [0.15, 0.2) is 0 Å². The van der Waals surface area contributed by atoms with Crippen molar-refractivity contribution in [1.29, 1.82) is 0 Å². The van der Waals surface area contributed by atoms with E-state index in [4.69, 9.17) is 5.73 Å². The Balaban J connectivity index is 2.08. The zero-order valence-corrected chi connectivity index (χ0v) is 11.8. The molecule has 1 aromatic rings. The van der Waals surface area contributed by atoms with E-state index < -0.39 is 0 Å². The Morgan fingerprint density at radius 1 is 1.28 bits per heavy atom. The topological polar surface area (TPSA) is 29.3 Å². The Labute approximate surface area is 111 Å². The minimum atomic E-state index is 0.698. The summed E-state index contributed by atoms with van der Waals surface area (Å²) >= 11 is 0. The summed E-state index contributed by atoms with van der Waals surface area (Å²) in [5, 5.41) is 0. The number of rotatable bonds is 4. The standard InChI is InChI=1S/C16H26N2/c1-13-6-5-7-15(14(13)2)12-18-11-4-3-8-16(18)9-10-17/h5-7,16H,3-4,8-12,17H2,1-2H3. The summed E-state index contributed by atoms with van der Waals surface area (Å²) in [6.45, 7) is 7.59. The number of hydrogen-bond donors (Lipinski definition) is 1. The Morgan fingerprint density at radius 2 is 2.11 bits per heavy atom. The molecule has 0 radical (unpaired) electrons. The van der Waals surface area contributed by atoms with Gasteiger partial charge in [-0.2, -0.15) is 0 Å². The molecule has 1 atom stereocenters. The van der Waals surface area contributed by atoms with Gasteiger partial charge in [-0.3, -0.25) is 4.90 Å². The van der Waals surface area contributed by atoms with Gasteiger partial charge >= 0.3 is 0 Å². The van der Waals surface area contributed by atoms with Crippen LogP contribution in [0.15, 0.2) is 18.2 Å². The number of piperidine rings is 1.